The molecule has 0 radical (unpaired) electrons. The Balaban J connectivity index is 2.78. The van der Waals surface area contributed by atoms with E-state index >= 15 is 0 Å². The van der Waals surface area contributed by atoms with Crippen LogP contribution in [0.1, 0.15) is 97.0 Å². The Morgan fingerprint density at radius 2 is 1.23 bits per heavy atom. The van der Waals surface area contributed by atoms with Crippen molar-refractivity contribution in [2.24, 2.45) is 0 Å². The molecule has 1 aromatic rings. The van der Waals surface area contributed by atoms with Crippen LogP contribution in [0.2, 0.25) is 5.15 Å². The number of nitrogens with zero attached hydrogens (tertiary/aromatic N) is 2. The highest BCUT2D eigenvalue weighted by atomic mass is 35.5. The summed E-state index contributed by atoms with van der Waals surface area (Å²) in [4.78, 5) is 25.5. The van der Waals surface area contributed by atoms with E-state index in [2.05, 4.69) is 13.8 Å². The molecule has 1 heterocycles. The standard InChI is InChI=1S/C21H37ClN2O2/c1-4-7-9-10-11-12-13-14-17-24-20(25)18(15-6-3)19(22)23(21(24)26)16-8-5-2/h4-17H2,1-3H3. The maximum Gasteiger partial charge on any atom is 0.332 e. The molecule has 0 spiro atoms. The maximum absolute atomic E-state index is 12.8. The average Bonchev–Trinajstić information content (AvgIpc) is 2.63. The van der Waals surface area contributed by atoms with Crippen molar-refractivity contribution in [1.29, 1.82) is 0 Å². The molecule has 5 heteroatoms. The van der Waals surface area contributed by atoms with Gasteiger partial charge in [-0.2, -0.15) is 0 Å². The van der Waals surface area contributed by atoms with Crippen molar-refractivity contribution in [3.63, 3.8) is 0 Å². The molecule has 0 aliphatic rings. The molecule has 0 N–H and O–H groups in total. The van der Waals surface area contributed by atoms with Gasteiger partial charge in [-0.25, -0.2) is 4.79 Å². The quantitative estimate of drug-likeness (QED) is 0.311. The molecule has 26 heavy (non-hydrogen) atoms. The van der Waals surface area contributed by atoms with Crippen molar-refractivity contribution in [2.75, 3.05) is 0 Å². The Labute approximate surface area is 163 Å². The van der Waals surface area contributed by atoms with E-state index in [4.69, 9.17) is 11.6 Å². The minimum atomic E-state index is -0.240. The SMILES string of the molecule is CCCCCCCCCCn1c(=O)c(CCC)c(Cl)n(CCCC)c1=O. The van der Waals surface area contributed by atoms with Crippen molar-refractivity contribution in [1.82, 2.24) is 9.13 Å². The van der Waals surface area contributed by atoms with Gasteiger partial charge in [-0.3, -0.25) is 13.9 Å². The van der Waals surface area contributed by atoms with Crippen LogP contribution in [0.15, 0.2) is 9.59 Å². The largest absolute Gasteiger partial charge is 0.332 e. The third kappa shape index (κ3) is 6.94. The molecule has 0 saturated heterocycles. The van der Waals surface area contributed by atoms with Crippen LogP contribution >= 0.6 is 11.6 Å². The number of rotatable bonds is 14. The number of hydrogen-bond acceptors (Lipinski definition) is 2. The lowest BCUT2D eigenvalue weighted by atomic mass is 10.1. The Bertz CT molecular complexity index is 634. The summed E-state index contributed by atoms with van der Waals surface area (Å²) < 4.78 is 3.02. The minimum Gasteiger partial charge on any atom is -0.283 e. The van der Waals surface area contributed by atoms with Gasteiger partial charge in [-0.15, -0.1) is 0 Å². The Hall–Kier alpha value is -1.03. The molecular formula is C21H37ClN2O2. The van der Waals surface area contributed by atoms with Gasteiger partial charge in [0.25, 0.3) is 5.56 Å². The van der Waals surface area contributed by atoms with E-state index in [-0.39, 0.29) is 11.2 Å². The summed E-state index contributed by atoms with van der Waals surface area (Å²) in [6.07, 6.45) is 12.9. The van der Waals surface area contributed by atoms with E-state index in [0.29, 0.717) is 30.2 Å². The van der Waals surface area contributed by atoms with Crippen LogP contribution in [0.3, 0.4) is 0 Å². The first-order valence-electron chi connectivity index (χ1n) is 10.6. The highest BCUT2D eigenvalue weighted by Crippen LogP contribution is 2.14. The maximum atomic E-state index is 12.8. The molecule has 1 aromatic heterocycles. The summed E-state index contributed by atoms with van der Waals surface area (Å²) in [5.41, 5.74) is 0.179. The molecule has 0 fully saturated rings. The molecular weight excluding hydrogens is 348 g/mol. The molecule has 0 aliphatic heterocycles. The first kappa shape index (κ1) is 23.0. The molecule has 1 rings (SSSR count). The molecule has 0 aliphatic carbocycles. The third-order valence-corrected chi connectivity index (χ3v) is 5.35. The van der Waals surface area contributed by atoms with Crippen molar-refractivity contribution in [2.45, 2.75) is 111 Å². The zero-order chi connectivity index (χ0) is 19.4. The first-order valence-corrected chi connectivity index (χ1v) is 11.0. The normalized spacial score (nSPS) is 11.2. The van der Waals surface area contributed by atoms with Gasteiger partial charge < -0.3 is 0 Å². The first-order chi connectivity index (χ1) is 12.6. The fourth-order valence-corrected chi connectivity index (χ4v) is 3.63. The van der Waals surface area contributed by atoms with Gasteiger partial charge in [-0.1, -0.05) is 90.2 Å². The zero-order valence-corrected chi connectivity index (χ0v) is 17.7. The van der Waals surface area contributed by atoms with Gasteiger partial charge in [0.15, 0.2) is 0 Å². The van der Waals surface area contributed by atoms with E-state index in [1.165, 1.54) is 43.1 Å². The molecule has 0 amide bonds. The van der Waals surface area contributed by atoms with E-state index in [1.54, 1.807) is 4.57 Å². The van der Waals surface area contributed by atoms with Crippen LogP contribution < -0.4 is 11.2 Å². The van der Waals surface area contributed by atoms with E-state index in [9.17, 15) is 9.59 Å². The number of aromatic nitrogens is 2. The van der Waals surface area contributed by atoms with Gasteiger partial charge >= 0.3 is 5.69 Å². The number of unbranched alkanes of at least 4 members (excludes halogenated alkanes) is 8. The second kappa shape index (κ2) is 13.2. The Kier molecular flexibility index (Phi) is 11.7. The van der Waals surface area contributed by atoms with Crippen LogP contribution in [0.25, 0.3) is 0 Å². The van der Waals surface area contributed by atoms with Gasteiger partial charge in [0.2, 0.25) is 0 Å². The molecule has 0 unspecified atom stereocenters. The van der Waals surface area contributed by atoms with Crippen LogP contribution in [0, 0.1) is 0 Å². The van der Waals surface area contributed by atoms with E-state index < -0.39 is 0 Å². The molecule has 150 valence electrons. The lowest BCUT2D eigenvalue weighted by molar-refractivity contribution is 0.491. The molecule has 0 atom stereocenters. The summed E-state index contributed by atoms with van der Waals surface area (Å²) in [5, 5.41) is 0.350. The van der Waals surface area contributed by atoms with Gasteiger partial charge in [0.1, 0.15) is 5.15 Å². The lowest BCUT2D eigenvalue weighted by Gasteiger charge is -2.15. The average molecular weight is 385 g/mol. The van der Waals surface area contributed by atoms with Crippen molar-refractivity contribution in [3.8, 4) is 0 Å². The molecule has 0 bridgehead atoms. The minimum absolute atomic E-state index is 0.183. The molecule has 4 nitrogen and oxygen atoms in total. The second-order valence-corrected chi connectivity index (χ2v) is 7.60. The zero-order valence-electron chi connectivity index (χ0n) is 17.0. The Morgan fingerprint density at radius 3 is 1.81 bits per heavy atom. The van der Waals surface area contributed by atoms with Crippen LogP contribution in [0.4, 0.5) is 0 Å². The second-order valence-electron chi connectivity index (χ2n) is 7.24. The third-order valence-electron chi connectivity index (χ3n) is 4.92. The summed E-state index contributed by atoms with van der Waals surface area (Å²) in [5.74, 6) is 0. The monoisotopic (exact) mass is 384 g/mol. The van der Waals surface area contributed by atoms with E-state index in [0.717, 1.165) is 32.1 Å². The molecule has 0 saturated carbocycles. The van der Waals surface area contributed by atoms with Gasteiger partial charge in [0, 0.05) is 13.1 Å². The predicted octanol–water partition coefficient (Wildman–Crippen LogP) is 5.56. The summed E-state index contributed by atoms with van der Waals surface area (Å²) in [7, 11) is 0. The van der Waals surface area contributed by atoms with Crippen molar-refractivity contribution < 1.29 is 0 Å². The highest BCUT2D eigenvalue weighted by molar-refractivity contribution is 6.30. The van der Waals surface area contributed by atoms with Crippen LogP contribution in [-0.2, 0) is 19.5 Å². The number of halogens is 1. The van der Waals surface area contributed by atoms with Crippen molar-refractivity contribution >= 4 is 11.6 Å². The lowest BCUT2D eigenvalue weighted by Crippen LogP contribution is -2.42. The van der Waals surface area contributed by atoms with Gasteiger partial charge in [-0.05, 0) is 19.3 Å². The Morgan fingerprint density at radius 1 is 0.692 bits per heavy atom. The summed E-state index contributed by atoms with van der Waals surface area (Å²) in [6.45, 7) is 7.43. The molecule has 0 aromatic carbocycles. The highest BCUT2D eigenvalue weighted by Gasteiger charge is 2.16. The van der Waals surface area contributed by atoms with Crippen molar-refractivity contribution in [3.05, 3.63) is 31.6 Å². The topological polar surface area (TPSA) is 44.0 Å². The number of hydrogen-bond donors (Lipinski definition) is 0. The van der Waals surface area contributed by atoms with Crippen LogP contribution in [0.5, 0.6) is 0 Å². The summed E-state index contributed by atoms with van der Waals surface area (Å²) >= 11 is 6.40. The fourth-order valence-electron chi connectivity index (χ4n) is 3.30. The summed E-state index contributed by atoms with van der Waals surface area (Å²) in [6, 6.07) is 0. The predicted molar refractivity (Wildman–Crippen MR) is 111 cm³/mol. The fraction of sp³-hybridized carbons (Fsp3) is 0.810. The van der Waals surface area contributed by atoms with Gasteiger partial charge in [0.05, 0.1) is 5.56 Å². The van der Waals surface area contributed by atoms with E-state index in [1.807, 2.05) is 6.92 Å². The van der Waals surface area contributed by atoms with Crippen LogP contribution in [-0.4, -0.2) is 9.13 Å². The smallest absolute Gasteiger partial charge is 0.283 e.